The summed E-state index contributed by atoms with van der Waals surface area (Å²) in [6.07, 6.45) is 0.984. The second-order valence-electron chi connectivity index (χ2n) is 2.99. The zero-order chi connectivity index (χ0) is 10.8. The third-order valence-corrected chi connectivity index (χ3v) is 1.93. The first kappa shape index (κ1) is 9.71. The Balaban J connectivity index is 2.49. The number of hydrogen-bond donors (Lipinski definition) is 0. The van der Waals surface area contributed by atoms with Crippen LogP contribution in [0.1, 0.15) is 0 Å². The fourth-order valence-electron chi connectivity index (χ4n) is 1.23. The molecule has 1 heterocycles. The van der Waals surface area contributed by atoms with Gasteiger partial charge in [0, 0.05) is 11.6 Å². The molecule has 4 heteroatoms. The van der Waals surface area contributed by atoms with Crippen molar-refractivity contribution in [2.75, 3.05) is 0 Å². The summed E-state index contributed by atoms with van der Waals surface area (Å²) in [7, 11) is 0. The molecule has 0 spiro atoms. The molecule has 0 aliphatic carbocycles. The van der Waals surface area contributed by atoms with Gasteiger partial charge in [0.1, 0.15) is 17.5 Å². The Bertz CT molecular complexity index is 480. The van der Waals surface area contributed by atoms with Crippen molar-refractivity contribution in [1.29, 1.82) is 0 Å². The van der Waals surface area contributed by atoms with E-state index in [1.807, 2.05) is 0 Å². The lowest BCUT2D eigenvalue weighted by Crippen LogP contribution is -1.89. The molecule has 1 nitrogen and oxygen atoms in total. The highest BCUT2D eigenvalue weighted by molar-refractivity contribution is 5.59. The van der Waals surface area contributed by atoms with Gasteiger partial charge < -0.3 is 0 Å². The van der Waals surface area contributed by atoms with Crippen LogP contribution in [0.5, 0.6) is 0 Å². The van der Waals surface area contributed by atoms with Crippen LogP contribution < -0.4 is 0 Å². The van der Waals surface area contributed by atoms with Crippen molar-refractivity contribution in [3.05, 3.63) is 54.0 Å². The second kappa shape index (κ2) is 3.73. The Kier molecular flexibility index (Phi) is 2.41. The largest absolute Gasteiger partial charge is 0.253 e. The number of pyridine rings is 1. The molecular formula is C11H6F3N. The van der Waals surface area contributed by atoms with E-state index in [9.17, 15) is 13.2 Å². The van der Waals surface area contributed by atoms with Gasteiger partial charge >= 0.3 is 0 Å². The summed E-state index contributed by atoms with van der Waals surface area (Å²) in [6.45, 7) is 0. The molecule has 0 aliphatic rings. The molecule has 2 aromatic rings. The van der Waals surface area contributed by atoms with Crippen LogP contribution in [0.15, 0.2) is 36.5 Å². The van der Waals surface area contributed by atoms with Crippen molar-refractivity contribution in [2.45, 2.75) is 0 Å². The van der Waals surface area contributed by atoms with Crippen molar-refractivity contribution in [1.82, 2.24) is 4.98 Å². The maximum absolute atomic E-state index is 13.3. The maximum atomic E-state index is 13.3. The number of aromatic nitrogens is 1. The van der Waals surface area contributed by atoms with Crippen LogP contribution in [0.3, 0.4) is 0 Å². The average molecular weight is 209 g/mol. The van der Waals surface area contributed by atoms with Crippen LogP contribution in [0.4, 0.5) is 13.2 Å². The quantitative estimate of drug-likeness (QED) is 0.702. The standard InChI is InChI=1S/C11H6F3N/c12-7-1-3-9(10(14)5-7)11-4-2-8(13)6-15-11/h1-6H. The van der Waals surface area contributed by atoms with Gasteiger partial charge in [-0.05, 0) is 24.3 Å². The van der Waals surface area contributed by atoms with Crippen molar-refractivity contribution in [3.8, 4) is 11.3 Å². The normalized spacial score (nSPS) is 10.3. The summed E-state index contributed by atoms with van der Waals surface area (Å²) >= 11 is 0. The molecule has 0 unspecified atom stereocenters. The minimum Gasteiger partial charge on any atom is -0.253 e. The lowest BCUT2D eigenvalue weighted by Gasteiger charge is -2.01. The average Bonchev–Trinajstić information content (AvgIpc) is 2.20. The van der Waals surface area contributed by atoms with Gasteiger partial charge in [-0.3, -0.25) is 4.98 Å². The molecule has 1 aromatic carbocycles. The van der Waals surface area contributed by atoms with Crippen molar-refractivity contribution in [3.63, 3.8) is 0 Å². The van der Waals surface area contributed by atoms with Gasteiger partial charge in [-0.1, -0.05) is 0 Å². The Morgan fingerprint density at radius 1 is 0.867 bits per heavy atom. The van der Waals surface area contributed by atoms with Gasteiger partial charge in [0.15, 0.2) is 0 Å². The van der Waals surface area contributed by atoms with Gasteiger partial charge in [0.05, 0.1) is 11.9 Å². The predicted molar refractivity (Wildman–Crippen MR) is 49.5 cm³/mol. The van der Waals surface area contributed by atoms with E-state index in [2.05, 4.69) is 4.98 Å². The van der Waals surface area contributed by atoms with Crippen LogP contribution in [0, 0.1) is 17.5 Å². The van der Waals surface area contributed by atoms with Gasteiger partial charge in [0.25, 0.3) is 0 Å². The first-order valence-corrected chi connectivity index (χ1v) is 4.24. The Hall–Kier alpha value is -1.84. The maximum Gasteiger partial charge on any atom is 0.141 e. The van der Waals surface area contributed by atoms with E-state index >= 15 is 0 Å². The minimum atomic E-state index is -0.714. The first-order chi connectivity index (χ1) is 7.16. The predicted octanol–water partition coefficient (Wildman–Crippen LogP) is 3.17. The second-order valence-corrected chi connectivity index (χ2v) is 2.99. The van der Waals surface area contributed by atoms with Crippen LogP contribution in [-0.4, -0.2) is 4.98 Å². The summed E-state index contributed by atoms with van der Waals surface area (Å²) in [4.78, 5) is 3.70. The van der Waals surface area contributed by atoms with Gasteiger partial charge in [-0.2, -0.15) is 0 Å². The Morgan fingerprint density at radius 3 is 2.20 bits per heavy atom. The smallest absolute Gasteiger partial charge is 0.141 e. The zero-order valence-electron chi connectivity index (χ0n) is 7.55. The number of halogens is 3. The number of nitrogens with zero attached hydrogens (tertiary/aromatic N) is 1. The summed E-state index contributed by atoms with van der Waals surface area (Å²) in [5, 5.41) is 0. The molecular weight excluding hydrogens is 203 g/mol. The highest BCUT2D eigenvalue weighted by Crippen LogP contribution is 2.21. The fraction of sp³-hybridized carbons (Fsp3) is 0. The van der Waals surface area contributed by atoms with E-state index < -0.39 is 17.5 Å². The van der Waals surface area contributed by atoms with E-state index in [1.165, 1.54) is 18.2 Å². The van der Waals surface area contributed by atoms with E-state index in [4.69, 9.17) is 0 Å². The first-order valence-electron chi connectivity index (χ1n) is 4.24. The molecule has 0 saturated carbocycles. The Morgan fingerprint density at radius 2 is 1.60 bits per heavy atom. The zero-order valence-corrected chi connectivity index (χ0v) is 7.55. The number of rotatable bonds is 1. The number of hydrogen-bond acceptors (Lipinski definition) is 1. The molecule has 15 heavy (non-hydrogen) atoms. The van der Waals surface area contributed by atoms with Gasteiger partial charge in [-0.25, -0.2) is 13.2 Å². The lowest BCUT2D eigenvalue weighted by molar-refractivity contribution is 0.585. The van der Waals surface area contributed by atoms with Crippen molar-refractivity contribution < 1.29 is 13.2 Å². The molecule has 0 radical (unpaired) electrons. The molecule has 0 atom stereocenters. The monoisotopic (exact) mass is 209 g/mol. The molecule has 0 fully saturated rings. The number of benzene rings is 1. The SMILES string of the molecule is Fc1ccc(-c2ccc(F)cc2F)nc1. The highest BCUT2D eigenvalue weighted by atomic mass is 19.1. The van der Waals surface area contributed by atoms with Crippen LogP contribution in [0.25, 0.3) is 11.3 Å². The molecule has 0 amide bonds. The third-order valence-electron chi connectivity index (χ3n) is 1.93. The van der Waals surface area contributed by atoms with Crippen molar-refractivity contribution >= 4 is 0 Å². The van der Waals surface area contributed by atoms with Crippen LogP contribution in [0.2, 0.25) is 0 Å². The molecule has 0 aliphatic heterocycles. The summed E-state index contributed by atoms with van der Waals surface area (Å²) < 4.78 is 38.4. The lowest BCUT2D eigenvalue weighted by atomic mass is 10.1. The van der Waals surface area contributed by atoms with E-state index in [1.54, 1.807) is 0 Å². The molecule has 2 rings (SSSR count). The molecule has 0 saturated heterocycles. The van der Waals surface area contributed by atoms with E-state index in [0.29, 0.717) is 0 Å². The van der Waals surface area contributed by atoms with Crippen LogP contribution in [-0.2, 0) is 0 Å². The fourth-order valence-corrected chi connectivity index (χ4v) is 1.23. The summed E-state index contributed by atoms with van der Waals surface area (Å²) in [5.74, 6) is -1.87. The molecule has 0 bridgehead atoms. The van der Waals surface area contributed by atoms with Gasteiger partial charge in [-0.15, -0.1) is 0 Å². The topological polar surface area (TPSA) is 12.9 Å². The summed E-state index contributed by atoms with van der Waals surface area (Å²) in [5.41, 5.74) is 0.422. The molecule has 1 aromatic heterocycles. The van der Waals surface area contributed by atoms with Crippen LogP contribution >= 0.6 is 0 Å². The molecule has 76 valence electrons. The summed E-state index contributed by atoms with van der Waals surface area (Å²) in [6, 6.07) is 5.67. The highest BCUT2D eigenvalue weighted by Gasteiger charge is 2.07. The van der Waals surface area contributed by atoms with Gasteiger partial charge in [0.2, 0.25) is 0 Å². The Labute approximate surface area is 84.2 Å². The minimum absolute atomic E-state index is 0.149. The third kappa shape index (κ3) is 1.98. The van der Waals surface area contributed by atoms with Crippen molar-refractivity contribution in [2.24, 2.45) is 0 Å². The van der Waals surface area contributed by atoms with E-state index in [0.717, 1.165) is 18.3 Å². The molecule has 0 N–H and O–H groups in total. The van der Waals surface area contributed by atoms with E-state index in [-0.39, 0.29) is 11.3 Å².